The summed E-state index contributed by atoms with van der Waals surface area (Å²) >= 11 is 11.9. The largest absolute Gasteiger partial charge is 0.496 e. The average molecular weight is 340 g/mol. The van der Waals surface area contributed by atoms with E-state index in [1.807, 2.05) is 6.07 Å². The van der Waals surface area contributed by atoms with Crippen molar-refractivity contribution in [1.82, 2.24) is 9.80 Å². The lowest BCUT2D eigenvalue weighted by atomic mass is 9.83. The maximum atomic E-state index is 6.17. The summed E-state index contributed by atoms with van der Waals surface area (Å²) in [6.07, 6.45) is 2.52. The van der Waals surface area contributed by atoms with E-state index in [0.717, 1.165) is 23.0 Å². The molecular formula is C16H22ClN3OS. The van der Waals surface area contributed by atoms with Crippen molar-refractivity contribution in [3.63, 3.8) is 0 Å². The number of ether oxygens (including phenoxy) is 1. The maximum absolute atomic E-state index is 6.17. The summed E-state index contributed by atoms with van der Waals surface area (Å²) in [6.45, 7) is 3.53. The first-order valence-corrected chi connectivity index (χ1v) is 8.42. The molecule has 3 fully saturated rings. The van der Waals surface area contributed by atoms with Crippen molar-refractivity contribution in [3.8, 4) is 5.75 Å². The molecule has 1 aromatic rings. The van der Waals surface area contributed by atoms with Crippen LogP contribution in [-0.2, 0) is 0 Å². The summed E-state index contributed by atoms with van der Waals surface area (Å²) < 4.78 is 5.44. The van der Waals surface area contributed by atoms with Gasteiger partial charge in [0.05, 0.1) is 23.4 Å². The van der Waals surface area contributed by atoms with Crippen LogP contribution in [0.3, 0.4) is 0 Å². The molecule has 120 valence electrons. The van der Waals surface area contributed by atoms with E-state index < -0.39 is 0 Å². The smallest absolute Gasteiger partial charge is 0.131 e. The van der Waals surface area contributed by atoms with Crippen LogP contribution in [0.25, 0.3) is 0 Å². The number of benzene rings is 1. The number of fused-ring (bicyclic) bond motifs is 3. The summed E-state index contributed by atoms with van der Waals surface area (Å²) in [7, 11) is 3.71. The predicted octanol–water partition coefficient (Wildman–Crippen LogP) is 2.63. The first-order valence-electron chi connectivity index (χ1n) is 7.63. The van der Waals surface area contributed by atoms with E-state index in [4.69, 9.17) is 34.3 Å². The van der Waals surface area contributed by atoms with Gasteiger partial charge in [-0.15, -0.1) is 0 Å². The minimum atomic E-state index is 0.469. The number of nitrogens with two attached hydrogens (primary N) is 1. The Morgan fingerprint density at radius 1 is 1.41 bits per heavy atom. The SMILES string of the molecule is COc1cc(N)c(Cl)cc1C(=S)N(C)C1CN2CCC1CC2. The minimum absolute atomic E-state index is 0.469. The van der Waals surface area contributed by atoms with E-state index in [9.17, 15) is 0 Å². The number of hydrogen-bond donors (Lipinski definition) is 1. The molecule has 0 aromatic heterocycles. The lowest BCUT2D eigenvalue weighted by Crippen LogP contribution is -2.57. The van der Waals surface area contributed by atoms with Gasteiger partial charge in [0.15, 0.2) is 0 Å². The third-order valence-corrected chi connectivity index (χ3v) is 5.82. The summed E-state index contributed by atoms with van der Waals surface area (Å²) in [5.74, 6) is 1.41. The van der Waals surface area contributed by atoms with Gasteiger partial charge in [-0.2, -0.15) is 0 Å². The van der Waals surface area contributed by atoms with Gasteiger partial charge in [0.25, 0.3) is 0 Å². The van der Waals surface area contributed by atoms with Crippen molar-refractivity contribution in [2.75, 3.05) is 39.5 Å². The van der Waals surface area contributed by atoms with Gasteiger partial charge in [0.2, 0.25) is 0 Å². The van der Waals surface area contributed by atoms with Gasteiger partial charge in [-0.3, -0.25) is 0 Å². The van der Waals surface area contributed by atoms with Crippen LogP contribution < -0.4 is 10.5 Å². The Kier molecular flexibility index (Phi) is 4.48. The Hall–Kier alpha value is -1.04. The number of likely N-dealkylation sites (N-methyl/N-ethyl adjacent to an activating group) is 1. The lowest BCUT2D eigenvalue weighted by Gasteiger charge is -2.48. The first kappa shape index (κ1) is 15.8. The van der Waals surface area contributed by atoms with Crippen LogP contribution in [0.15, 0.2) is 12.1 Å². The number of halogens is 1. The van der Waals surface area contributed by atoms with Gasteiger partial charge in [0, 0.05) is 25.7 Å². The van der Waals surface area contributed by atoms with Crippen molar-refractivity contribution < 1.29 is 4.74 Å². The normalized spacial score (nSPS) is 26.8. The van der Waals surface area contributed by atoms with Gasteiger partial charge in [0.1, 0.15) is 10.7 Å². The zero-order chi connectivity index (χ0) is 15.9. The maximum Gasteiger partial charge on any atom is 0.131 e. The highest BCUT2D eigenvalue weighted by Gasteiger charge is 2.37. The summed E-state index contributed by atoms with van der Waals surface area (Å²) in [5.41, 5.74) is 7.21. The number of methoxy groups -OCH3 is 1. The van der Waals surface area contributed by atoms with Crippen LogP contribution in [0.2, 0.25) is 5.02 Å². The number of nitrogens with zero attached hydrogens (tertiary/aromatic N) is 2. The standard InChI is InChI=1S/C16H22ClN3OS/c1-19(14-9-20-5-3-10(14)4-6-20)16(22)11-7-12(17)13(18)8-15(11)21-2/h7-8,10,14H,3-6,9,18H2,1-2H3. The zero-order valence-corrected chi connectivity index (χ0v) is 14.6. The molecule has 1 atom stereocenters. The summed E-state index contributed by atoms with van der Waals surface area (Å²) in [6, 6.07) is 4.03. The highest BCUT2D eigenvalue weighted by atomic mass is 35.5. The van der Waals surface area contributed by atoms with Gasteiger partial charge in [-0.25, -0.2) is 0 Å². The molecule has 3 aliphatic heterocycles. The summed E-state index contributed by atoms with van der Waals surface area (Å²) in [4.78, 5) is 5.52. The van der Waals surface area contributed by atoms with Gasteiger partial charge in [-0.05, 0) is 37.9 Å². The lowest BCUT2D eigenvalue weighted by molar-refractivity contribution is 0.0432. The van der Waals surface area contributed by atoms with E-state index in [-0.39, 0.29) is 0 Å². The second-order valence-corrected chi connectivity index (χ2v) is 6.99. The van der Waals surface area contributed by atoms with E-state index in [0.29, 0.717) is 22.5 Å². The number of anilines is 1. The Morgan fingerprint density at radius 3 is 2.64 bits per heavy atom. The van der Waals surface area contributed by atoms with Gasteiger partial charge >= 0.3 is 0 Å². The average Bonchev–Trinajstić information content (AvgIpc) is 2.56. The second-order valence-electron chi connectivity index (χ2n) is 6.20. The number of piperidine rings is 3. The van der Waals surface area contributed by atoms with E-state index in [1.54, 1.807) is 13.2 Å². The molecule has 1 unspecified atom stereocenters. The van der Waals surface area contributed by atoms with Crippen LogP contribution in [0.1, 0.15) is 18.4 Å². The molecule has 3 saturated heterocycles. The van der Waals surface area contributed by atoms with Crippen molar-refractivity contribution in [3.05, 3.63) is 22.7 Å². The molecule has 2 N–H and O–H groups in total. The minimum Gasteiger partial charge on any atom is -0.496 e. The number of hydrogen-bond acceptors (Lipinski definition) is 4. The second kappa shape index (κ2) is 6.22. The third-order valence-electron chi connectivity index (χ3n) is 4.99. The van der Waals surface area contributed by atoms with Crippen LogP contribution in [0.4, 0.5) is 5.69 Å². The number of nitrogen functional groups attached to an aromatic ring is 1. The van der Waals surface area contributed by atoms with Gasteiger partial charge < -0.3 is 20.3 Å². The molecule has 3 aliphatic rings. The number of rotatable bonds is 3. The zero-order valence-electron chi connectivity index (χ0n) is 13.0. The fourth-order valence-corrected chi connectivity index (χ4v) is 4.08. The molecule has 22 heavy (non-hydrogen) atoms. The van der Waals surface area contributed by atoms with Crippen LogP contribution in [0, 0.1) is 5.92 Å². The fraction of sp³-hybridized carbons (Fsp3) is 0.562. The third kappa shape index (κ3) is 2.77. The van der Waals surface area contributed by atoms with Crippen LogP contribution in [0.5, 0.6) is 5.75 Å². The molecular weight excluding hydrogens is 318 g/mol. The fourth-order valence-electron chi connectivity index (χ4n) is 3.62. The van der Waals surface area contributed by atoms with Crippen molar-refractivity contribution >= 4 is 34.5 Å². The Morgan fingerprint density at radius 2 is 2.09 bits per heavy atom. The van der Waals surface area contributed by atoms with Crippen LogP contribution in [-0.4, -0.2) is 54.6 Å². The Labute approximate surface area is 142 Å². The van der Waals surface area contributed by atoms with Crippen LogP contribution >= 0.6 is 23.8 Å². The van der Waals surface area contributed by atoms with E-state index in [2.05, 4.69) is 16.8 Å². The molecule has 2 bridgehead atoms. The van der Waals surface area contributed by atoms with Gasteiger partial charge in [-0.1, -0.05) is 23.8 Å². The highest BCUT2D eigenvalue weighted by molar-refractivity contribution is 7.80. The molecule has 4 rings (SSSR count). The molecule has 1 aromatic carbocycles. The molecule has 0 saturated carbocycles. The molecule has 0 spiro atoms. The van der Waals surface area contributed by atoms with Crippen molar-refractivity contribution in [2.45, 2.75) is 18.9 Å². The molecule has 4 nitrogen and oxygen atoms in total. The molecule has 0 radical (unpaired) electrons. The Bertz CT molecular complexity index is 587. The molecule has 6 heteroatoms. The molecule has 0 aliphatic carbocycles. The predicted molar refractivity (Wildman–Crippen MR) is 94.8 cm³/mol. The molecule has 3 heterocycles. The summed E-state index contributed by atoms with van der Waals surface area (Å²) in [5, 5.41) is 0.514. The number of thiocarbonyl (C=S) groups is 1. The Balaban J connectivity index is 1.86. The monoisotopic (exact) mass is 339 g/mol. The first-order chi connectivity index (χ1) is 10.5. The molecule has 0 amide bonds. The van der Waals surface area contributed by atoms with Crippen molar-refractivity contribution in [2.24, 2.45) is 5.92 Å². The van der Waals surface area contributed by atoms with E-state index >= 15 is 0 Å². The van der Waals surface area contributed by atoms with Crippen molar-refractivity contribution in [1.29, 1.82) is 0 Å². The topological polar surface area (TPSA) is 41.7 Å². The van der Waals surface area contributed by atoms with E-state index in [1.165, 1.54) is 25.9 Å². The quantitative estimate of drug-likeness (QED) is 0.677. The highest BCUT2D eigenvalue weighted by Crippen LogP contribution is 2.34.